The molecule has 20 heavy (non-hydrogen) atoms. The summed E-state index contributed by atoms with van der Waals surface area (Å²) in [6.07, 6.45) is 0. The zero-order valence-electron chi connectivity index (χ0n) is 11.4. The predicted octanol–water partition coefficient (Wildman–Crippen LogP) is 4.62. The number of ether oxygens (including phenoxy) is 1. The van der Waals surface area contributed by atoms with Gasteiger partial charge in [-0.2, -0.15) is 0 Å². The second-order valence-electron chi connectivity index (χ2n) is 5.33. The molecule has 2 nitrogen and oxygen atoms in total. The first-order chi connectivity index (χ1) is 9.58. The zero-order valence-corrected chi connectivity index (χ0v) is 13.0. The van der Waals surface area contributed by atoms with E-state index in [0.29, 0.717) is 11.7 Å². The predicted molar refractivity (Wildman–Crippen MR) is 82.2 cm³/mol. The van der Waals surface area contributed by atoms with Gasteiger partial charge in [-0.15, -0.1) is 0 Å². The maximum absolute atomic E-state index is 12.2. The smallest absolute Gasteiger partial charge is 0.323 e. The van der Waals surface area contributed by atoms with Gasteiger partial charge in [-0.3, -0.25) is 4.79 Å². The summed E-state index contributed by atoms with van der Waals surface area (Å²) in [5.74, 6) is 0.615. The Balaban J connectivity index is 2.03. The Morgan fingerprint density at radius 3 is 2.45 bits per heavy atom. The van der Waals surface area contributed by atoms with Gasteiger partial charge in [0.2, 0.25) is 0 Å². The molecule has 0 fully saturated rings. The Bertz CT molecular complexity index is 659. The molecule has 0 radical (unpaired) electrons. The number of halogens is 1. The van der Waals surface area contributed by atoms with Gasteiger partial charge in [-0.25, -0.2) is 0 Å². The third-order valence-corrected chi connectivity index (χ3v) is 4.31. The van der Waals surface area contributed by atoms with Crippen molar-refractivity contribution >= 4 is 21.9 Å². The third kappa shape index (κ3) is 2.16. The van der Waals surface area contributed by atoms with E-state index in [1.165, 1.54) is 5.56 Å². The van der Waals surface area contributed by atoms with Crippen molar-refractivity contribution in [2.24, 2.45) is 0 Å². The van der Waals surface area contributed by atoms with Crippen LogP contribution in [0.4, 0.5) is 0 Å². The van der Waals surface area contributed by atoms with Gasteiger partial charge >= 0.3 is 5.97 Å². The van der Waals surface area contributed by atoms with Crippen molar-refractivity contribution in [3.8, 4) is 5.75 Å². The number of fused-ring (bicyclic) bond motifs is 1. The number of esters is 1. The number of hydrogen-bond donors (Lipinski definition) is 0. The van der Waals surface area contributed by atoms with E-state index < -0.39 is 0 Å². The van der Waals surface area contributed by atoms with Crippen molar-refractivity contribution in [1.82, 2.24) is 0 Å². The van der Waals surface area contributed by atoms with Crippen LogP contribution in [0.15, 0.2) is 46.9 Å². The second kappa shape index (κ2) is 5.06. The zero-order chi connectivity index (χ0) is 14.3. The average Bonchev–Trinajstić information content (AvgIpc) is 2.77. The summed E-state index contributed by atoms with van der Waals surface area (Å²) in [5, 5.41) is 0. The van der Waals surface area contributed by atoms with Gasteiger partial charge in [-0.05, 0) is 39.0 Å². The van der Waals surface area contributed by atoms with Crippen molar-refractivity contribution in [1.29, 1.82) is 0 Å². The highest BCUT2D eigenvalue weighted by molar-refractivity contribution is 9.10. The first-order valence-electron chi connectivity index (χ1n) is 6.68. The van der Waals surface area contributed by atoms with E-state index in [4.69, 9.17) is 4.74 Å². The highest BCUT2D eigenvalue weighted by Gasteiger charge is 2.35. The molecule has 3 heteroatoms. The number of rotatable bonds is 2. The Hall–Kier alpha value is -1.61. The number of carbonyl (C=O) groups excluding carboxylic acids is 1. The highest BCUT2D eigenvalue weighted by Crippen LogP contribution is 2.43. The molecule has 102 valence electrons. The average molecular weight is 331 g/mol. The molecule has 0 aromatic heterocycles. The number of para-hydroxylation sites is 1. The van der Waals surface area contributed by atoms with Gasteiger partial charge in [0.05, 0.1) is 4.47 Å². The van der Waals surface area contributed by atoms with Gasteiger partial charge in [0.25, 0.3) is 0 Å². The van der Waals surface area contributed by atoms with Crippen LogP contribution in [0.3, 0.4) is 0 Å². The molecule has 1 heterocycles. The van der Waals surface area contributed by atoms with E-state index in [1.807, 2.05) is 30.3 Å². The quantitative estimate of drug-likeness (QED) is 0.593. The Morgan fingerprint density at radius 2 is 1.80 bits per heavy atom. The molecule has 1 unspecified atom stereocenters. The monoisotopic (exact) mass is 330 g/mol. The lowest BCUT2D eigenvalue weighted by molar-refractivity contribution is -0.133. The van der Waals surface area contributed by atoms with Crippen LogP contribution >= 0.6 is 15.9 Å². The molecule has 0 spiro atoms. The third-order valence-electron chi connectivity index (χ3n) is 3.68. The van der Waals surface area contributed by atoms with Crippen molar-refractivity contribution in [3.05, 3.63) is 63.6 Å². The van der Waals surface area contributed by atoms with E-state index in [1.54, 1.807) is 0 Å². The van der Waals surface area contributed by atoms with Crippen LogP contribution in [0.5, 0.6) is 5.75 Å². The molecule has 1 atom stereocenters. The standard InChI is InChI=1S/C17H15BrO2/c1-10(2)11-6-8-12(9-7-11)15-13-4-3-5-14(18)16(13)20-17(15)19/h3-10,15H,1-2H3. The van der Waals surface area contributed by atoms with Crippen LogP contribution in [0.1, 0.15) is 42.4 Å². The van der Waals surface area contributed by atoms with E-state index in [-0.39, 0.29) is 11.9 Å². The summed E-state index contributed by atoms with van der Waals surface area (Å²) in [5.41, 5.74) is 3.19. The Kier molecular flexibility index (Phi) is 3.38. The lowest BCUT2D eigenvalue weighted by Crippen LogP contribution is -2.11. The fourth-order valence-corrected chi connectivity index (χ4v) is 3.00. The van der Waals surface area contributed by atoms with Gasteiger partial charge < -0.3 is 4.74 Å². The summed E-state index contributed by atoms with van der Waals surface area (Å²) in [6, 6.07) is 14.0. The maximum Gasteiger partial charge on any atom is 0.323 e. The van der Waals surface area contributed by atoms with Gasteiger partial charge in [0, 0.05) is 5.56 Å². The first kappa shape index (κ1) is 13.4. The summed E-state index contributed by atoms with van der Waals surface area (Å²) in [7, 11) is 0. The van der Waals surface area contributed by atoms with Crippen LogP contribution in [-0.2, 0) is 4.79 Å². The largest absolute Gasteiger partial charge is 0.424 e. The van der Waals surface area contributed by atoms with Crippen molar-refractivity contribution in [3.63, 3.8) is 0 Å². The Morgan fingerprint density at radius 1 is 1.10 bits per heavy atom. The van der Waals surface area contributed by atoms with E-state index >= 15 is 0 Å². The molecule has 2 aromatic rings. The number of benzene rings is 2. The molecular formula is C17H15BrO2. The molecule has 0 aliphatic carbocycles. The summed E-state index contributed by atoms with van der Waals surface area (Å²) >= 11 is 3.43. The van der Waals surface area contributed by atoms with E-state index in [2.05, 4.69) is 41.9 Å². The molecule has 0 saturated heterocycles. The fourth-order valence-electron chi connectivity index (χ4n) is 2.54. The number of carbonyl (C=O) groups is 1. The molecule has 1 aliphatic heterocycles. The van der Waals surface area contributed by atoms with Crippen LogP contribution in [0, 0.1) is 0 Å². The molecule has 3 rings (SSSR count). The van der Waals surface area contributed by atoms with Crippen LogP contribution < -0.4 is 4.74 Å². The van der Waals surface area contributed by atoms with Crippen LogP contribution in [0.25, 0.3) is 0 Å². The van der Waals surface area contributed by atoms with Crippen molar-refractivity contribution < 1.29 is 9.53 Å². The minimum atomic E-state index is -0.316. The maximum atomic E-state index is 12.2. The lowest BCUT2D eigenvalue weighted by atomic mass is 9.91. The SMILES string of the molecule is CC(C)c1ccc(C2C(=O)Oc3c(Br)cccc32)cc1. The molecule has 0 amide bonds. The molecule has 0 N–H and O–H groups in total. The summed E-state index contributed by atoms with van der Waals surface area (Å²) in [6.45, 7) is 4.32. The minimum Gasteiger partial charge on any atom is -0.424 e. The first-order valence-corrected chi connectivity index (χ1v) is 7.47. The molecule has 1 aliphatic rings. The van der Waals surface area contributed by atoms with Crippen LogP contribution in [-0.4, -0.2) is 5.97 Å². The summed E-state index contributed by atoms with van der Waals surface area (Å²) < 4.78 is 6.22. The van der Waals surface area contributed by atoms with Crippen molar-refractivity contribution in [2.75, 3.05) is 0 Å². The van der Waals surface area contributed by atoms with Crippen LogP contribution in [0.2, 0.25) is 0 Å². The highest BCUT2D eigenvalue weighted by atomic mass is 79.9. The minimum absolute atomic E-state index is 0.204. The van der Waals surface area contributed by atoms with Crippen molar-refractivity contribution in [2.45, 2.75) is 25.7 Å². The number of hydrogen-bond acceptors (Lipinski definition) is 2. The van der Waals surface area contributed by atoms with Gasteiger partial charge in [0.15, 0.2) is 0 Å². The van der Waals surface area contributed by atoms with E-state index in [9.17, 15) is 4.79 Å². The molecule has 0 saturated carbocycles. The topological polar surface area (TPSA) is 26.3 Å². The van der Waals surface area contributed by atoms with E-state index in [0.717, 1.165) is 15.6 Å². The normalized spacial score (nSPS) is 17.2. The molecule has 2 aromatic carbocycles. The fraction of sp³-hybridized carbons (Fsp3) is 0.235. The van der Waals surface area contributed by atoms with Gasteiger partial charge in [-0.1, -0.05) is 50.2 Å². The van der Waals surface area contributed by atoms with Gasteiger partial charge in [0.1, 0.15) is 11.7 Å². The summed E-state index contributed by atoms with van der Waals surface area (Å²) in [4.78, 5) is 12.2. The lowest BCUT2D eigenvalue weighted by Gasteiger charge is -2.10. The Labute approximate surface area is 126 Å². The molecular weight excluding hydrogens is 316 g/mol. The molecule has 0 bridgehead atoms. The second-order valence-corrected chi connectivity index (χ2v) is 6.19.